The Morgan fingerprint density at radius 1 is 1.00 bits per heavy atom. The van der Waals surface area contributed by atoms with Crippen LogP contribution in [0.2, 0.25) is 0 Å². The van der Waals surface area contributed by atoms with Crippen molar-refractivity contribution in [2.75, 3.05) is 26.2 Å². The number of nitrogens with two attached hydrogens (primary N) is 1. The zero-order valence-corrected chi connectivity index (χ0v) is 12.6. The van der Waals surface area contributed by atoms with Crippen LogP contribution in [-0.4, -0.2) is 38.9 Å². The van der Waals surface area contributed by atoms with Gasteiger partial charge in [-0.05, 0) is 37.6 Å². The first-order chi connectivity index (χ1) is 9.08. The van der Waals surface area contributed by atoms with E-state index < -0.39 is 10.2 Å². The highest BCUT2D eigenvalue weighted by Crippen LogP contribution is 2.34. The second-order valence-electron chi connectivity index (χ2n) is 6.05. The molecule has 1 heterocycles. The molecule has 2 fully saturated rings. The molecule has 2 aliphatic rings. The summed E-state index contributed by atoms with van der Waals surface area (Å²) in [7, 11) is -3.30. The molecule has 0 aromatic heterocycles. The van der Waals surface area contributed by atoms with Gasteiger partial charge in [-0.25, -0.2) is 4.72 Å². The molecule has 0 spiro atoms. The Labute approximate surface area is 117 Å². The summed E-state index contributed by atoms with van der Waals surface area (Å²) < 4.78 is 28.9. The molecular formula is C13H27N3O2S. The van der Waals surface area contributed by atoms with E-state index in [-0.39, 0.29) is 5.41 Å². The Balaban J connectivity index is 1.92. The predicted molar refractivity (Wildman–Crippen MR) is 76.9 cm³/mol. The number of hydrogen-bond acceptors (Lipinski definition) is 3. The molecule has 2 rings (SSSR count). The van der Waals surface area contributed by atoms with E-state index in [0.29, 0.717) is 26.2 Å². The number of nitrogens with zero attached hydrogens (tertiary/aromatic N) is 1. The van der Waals surface area contributed by atoms with Crippen molar-refractivity contribution < 1.29 is 8.42 Å². The van der Waals surface area contributed by atoms with Crippen LogP contribution in [0.4, 0.5) is 0 Å². The van der Waals surface area contributed by atoms with Gasteiger partial charge in [0, 0.05) is 19.6 Å². The lowest BCUT2D eigenvalue weighted by Gasteiger charge is -2.37. The molecule has 1 aliphatic carbocycles. The van der Waals surface area contributed by atoms with E-state index in [4.69, 9.17) is 5.73 Å². The first kappa shape index (κ1) is 15.2. The first-order valence-electron chi connectivity index (χ1n) is 7.53. The van der Waals surface area contributed by atoms with Crippen LogP contribution in [0.25, 0.3) is 0 Å². The molecule has 5 nitrogen and oxygen atoms in total. The highest BCUT2D eigenvalue weighted by molar-refractivity contribution is 7.87. The second kappa shape index (κ2) is 6.52. The average Bonchev–Trinajstić information content (AvgIpc) is 2.47. The third-order valence-electron chi connectivity index (χ3n) is 4.63. The Hall–Kier alpha value is -0.170. The monoisotopic (exact) mass is 289 g/mol. The smallest absolute Gasteiger partial charge is 0.279 e. The van der Waals surface area contributed by atoms with Gasteiger partial charge in [0.15, 0.2) is 0 Å². The molecule has 1 aliphatic heterocycles. The molecule has 0 amide bonds. The normalized spacial score (nSPS) is 25.3. The molecule has 0 atom stereocenters. The lowest BCUT2D eigenvalue weighted by atomic mass is 9.74. The van der Waals surface area contributed by atoms with Crippen LogP contribution in [0.5, 0.6) is 0 Å². The van der Waals surface area contributed by atoms with E-state index in [1.807, 2.05) is 0 Å². The number of rotatable bonds is 5. The maximum Gasteiger partial charge on any atom is 0.279 e. The number of hydrogen-bond donors (Lipinski definition) is 2. The van der Waals surface area contributed by atoms with Crippen molar-refractivity contribution >= 4 is 10.2 Å². The minimum atomic E-state index is -3.30. The van der Waals surface area contributed by atoms with E-state index in [9.17, 15) is 8.42 Å². The molecule has 1 saturated heterocycles. The van der Waals surface area contributed by atoms with Crippen LogP contribution < -0.4 is 10.5 Å². The van der Waals surface area contributed by atoms with Gasteiger partial charge in [0.25, 0.3) is 10.2 Å². The van der Waals surface area contributed by atoms with Gasteiger partial charge < -0.3 is 5.73 Å². The fourth-order valence-electron chi connectivity index (χ4n) is 3.20. The maximum absolute atomic E-state index is 12.3. The van der Waals surface area contributed by atoms with Gasteiger partial charge in [-0.2, -0.15) is 12.7 Å². The van der Waals surface area contributed by atoms with Crippen molar-refractivity contribution in [3.8, 4) is 0 Å². The van der Waals surface area contributed by atoms with Gasteiger partial charge in [-0.3, -0.25) is 0 Å². The predicted octanol–water partition coefficient (Wildman–Crippen LogP) is 1.22. The third kappa shape index (κ3) is 3.90. The van der Waals surface area contributed by atoms with Crippen LogP contribution in [0.3, 0.4) is 0 Å². The SMILES string of the molecule is NCC1(CNS(=O)(=O)N2CCCCC2)CCCCC1. The van der Waals surface area contributed by atoms with E-state index in [1.54, 1.807) is 4.31 Å². The molecule has 0 aromatic rings. The van der Waals surface area contributed by atoms with Gasteiger partial charge in [0.2, 0.25) is 0 Å². The van der Waals surface area contributed by atoms with Crippen molar-refractivity contribution in [1.82, 2.24) is 9.03 Å². The standard InChI is InChI=1S/C13H27N3O2S/c14-11-13(7-3-1-4-8-13)12-15-19(17,18)16-9-5-2-6-10-16/h15H,1-12,14H2. The summed E-state index contributed by atoms with van der Waals surface area (Å²) in [4.78, 5) is 0. The summed E-state index contributed by atoms with van der Waals surface area (Å²) in [6.45, 7) is 2.40. The Kier molecular flexibility index (Phi) is 5.22. The van der Waals surface area contributed by atoms with Gasteiger partial charge in [-0.1, -0.05) is 25.7 Å². The van der Waals surface area contributed by atoms with Crippen LogP contribution in [0.15, 0.2) is 0 Å². The molecule has 0 unspecified atom stereocenters. The molecular weight excluding hydrogens is 262 g/mol. The first-order valence-corrected chi connectivity index (χ1v) is 8.97. The van der Waals surface area contributed by atoms with Crippen molar-refractivity contribution in [3.63, 3.8) is 0 Å². The van der Waals surface area contributed by atoms with Crippen molar-refractivity contribution in [3.05, 3.63) is 0 Å². The van der Waals surface area contributed by atoms with Crippen molar-refractivity contribution in [2.45, 2.75) is 51.4 Å². The van der Waals surface area contributed by atoms with E-state index in [2.05, 4.69) is 4.72 Å². The summed E-state index contributed by atoms with van der Waals surface area (Å²) in [6, 6.07) is 0. The number of nitrogens with one attached hydrogen (secondary N) is 1. The van der Waals surface area contributed by atoms with Crippen LogP contribution in [0, 0.1) is 5.41 Å². The molecule has 112 valence electrons. The van der Waals surface area contributed by atoms with Crippen LogP contribution in [-0.2, 0) is 10.2 Å². The summed E-state index contributed by atoms with van der Waals surface area (Å²) in [5, 5.41) is 0. The maximum atomic E-state index is 12.3. The van der Waals surface area contributed by atoms with Crippen molar-refractivity contribution in [2.24, 2.45) is 11.1 Å². The molecule has 19 heavy (non-hydrogen) atoms. The zero-order chi connectivity index (χ0) is 13.8. The minimum Gasteiger partial charge on any atom is -0.330 e. The molecule has 1 saturated carbocycles. The van der Waals surface area contributed by atoms with Gasteiger partial charge in [-0.15, -0.1) is 0 Å². The molecule has 0 radical (unpaired) electrons. The second-order valence-corrected chi connectivity index (χ2v) is 7.81. The zero-order valence-electron chi connectivity index (χ0n) is 11.7. The van der Waals surface area contributed by atoms with Crippen molar-refractivity contribution in [1.29, 1.82) is 0 Å². The topological polar surface area (TPSA) is 75.4 Å². The Morgan fingerprint density at radius 3 is 2.16 bits per heavy atom. The van der Waals surface area contributed by atoms with E-state index >= 15 is 0 Å². The molecule has 3 N–H and O–H groups in total. The highest BCUT2D eigenvalue weighted by Gasteiger charge is 2.33. The Morgan fingerprint density at radius 2 is 1.58 bits per heavy atom. The van der Waals surface area contributed by atoms with Crippen LogP contribution >= 0.6 is 0 Å². The largest absolute Gasteiger partial charge is 0.330 e. The quantitative estimate of drug-likeness (QED) is 0.799. The third-order valence-corrected chi connectivity index (χ3v) is 6.19. The van der Waals surface area contributed by atoms with Gasteiger partial charge in [0.05, 0.1) is 0 Å². The Bertz CT molecular complexity index is 371. The fraction of sp³-hybridized carbons (Fsp3) is 1.00. The summed E-state index contributed by atoms with van der Waals surface area (Å²) >= 11 is 0. The highest BCUT2D eigenvalue weighted by atomic mass is 32.2. The lowest BCUT2D eigenvalue weighted by molar-refractivity contribution is 0.200. The lowest BCUT2D eigenvalue weighted by Crippen LogP contribution is -2.49. The van der Waals surface area contributed by atoms with E-state index in [1.165, 1.54) is 19.3 Å². The molecule has 6 heteroatoms. The number of piperidine rings is 1. The summed E-state index contributed by atoms with van der Waals surface area (Å²) in [6.07, 6.45) is 8.77. The average molecular weight is 289 g/mol. The summed E-state index contributed by atoms with van der Waals surface area (Å²) in [5.41, 5.74) is 5.88. The van der Waals surface area contributed by atoms with Gasteiger partial charge >= 0.3 is 0 Å². The van der Waals surface area contributed by atoms with E-state index in [0.717, 1.165) is 32.1 Å². The fourth-order valence-corrected chi connectivity index (χ4v) is 4.61. The van der Waals surface area contributed by atoms with Crippen LogP contribution in [0.1, 0.15) is 51.4 Å². The minimum absolute atomic E-state index is 0.0128. The van der Waals surface area contributed by atoms with Gasteiger partial charge in [0.1, 0.15) is 0 Å². The molecule has 0 bridgehead atoms. The summed E-state index contributed by atoms with van der Waals surface area (Å²) in [5.74, 6) is 0. The molecule has 0 aromatic carbocycles.